The highest BCUT2D eigenvalue weighted by molar-refractivity contribution is 6.12. The molecule has 0 saturated carbocycles. The number of hydrogen-bond acceptors (Lipinski definition) is 2. The van der Waals surface area contributed by atoms with Gasteiger partial charge in [0.1, 0.15) is 6.07 Å². The van der Waals surface area contributed by atoms with Crippen molar-refractivity contribution in [1.82, 2.24) is 9.13 Å². The minimum atomic E-state index is 0.479. The molecule has 2 aromatic heterocycles. The first-order chi connectivity index (χ1) is 22.6. The van der Waals surface area contributed by atoms with E-state index in [0.29, 0.717) is 22.5 Å². The zero-order chi connectivity index (χ0) is 31.4. The predicted octanol–water partition coefficient (Wildman–Crippen LogP) is 10.4. The minimum Gasteiger partial charge on any atom is -0.318 e. The first-order valence-electron chi connectivity index (χ1n) is 14.5. The van der Waals surface area contributed by atoms with Gasteiger partial charge in [0.15, 0.2) is 5.69 Å². The number of benzene rings is 6. The maximum absolute atomic E-state index is 10.5. The van der Waals surface area contributed by atoms with E-state index in [1.165, 1.54) is 0 Å². The Morgan fingerprint density at radius 2 is 1.22 bits per heavy atom. The van der Waals surface area contributed by atoms with Crippen molar-refractivity contribution in [2.45, 2.75) is 0 Å². The lowest BCUT2D eigenvalue weighted by atomic mass is 9.99. The van der Waals surface area contributed by atoms with Crippen LogP contribution in [0.5, 0.6) is 0 Å². The van der Waals surface area contributed by atoms with Gasteiger partial charge in [0.05, 0.1) is 63.8 Å². The maximum atomic E-state index is 10.5. The van der Waals surface area contributed by atoms with E-state index in [0.717, 1.165) is 66.1 Å². The van der Waals surface area contributed by atoms with E-state index in [2.05, 4.69) is 31.0 Å². The maximum Gasteiger partial charge on any atom is 0.211 e. The zero-order valence-corrected chi connectivity index (χ0v) is 24.2. The smallest absolute Gasteiger partial charge is 0.211 e. The molecule has 0 aliphatic carbocycles. The molecule has 0 atom stereocenters. The van der Waals surface area contributed by atoms with Crippen LogP contribution in [0.1, 0.15) is 11.1 Å². The van der Waals surface area contributed by atoms with Crippen LogP contribution < -0.4 is 0 Å². The van der Waals surface area contributed by atoms with Crippen molar-refractivity contribution in [2.75, 3.05) is 0 Å². The van der Waals surface area contributed by atoms with Gasteiger partial charge in [-0.2, -0.15) is 10.5 Å². The Kier molecular flexibility index (Phi) is 5.91. The zero-order valence-electron chi connectivity index (χ0n) is 24.2. The summed E-state index contributed by atoms with van der Waals surface area (Å²) in [5.74, 6) is 0. The van der Waals surface area contributed by atoms with E-state index < -0.39 is 0 Å². The molecular formula is C40H20N6. The van der Waals surface area contributed by atoms with Crippen LogP contribution in [0, 0.1) is 35.8 Å². The lowest BCUT2D eigenvalue weighted by Crippen LogP contribution is -2.00. The van der Waals surface area contributed by atoms with E-state index in [1.807, 2.05) is 109 Å². The molecule has 6 aromatic carbocycles. The number of fused-ring (bicyclic) bond motifs is 6. The Morgan fingerprint density at radius 1 is 0.543 bits per heavy atom. The van der Waals surface area contributed by atoms with Gasteiger partial charge in [-0.1, -0.05) is 66.7 Å². The fourth-order valence-electron chi connectivity index (χ4n) is 6.65. The van der Waals surface area contributed by atoms with E-state index in [-0.39, 0.29) is 0 Å². The number of rotatable bonds is 3. The monoisotopic (exact) mass is 584 g/mol. The molecule has 46 heavy (non-hydrogen) atoms. The van der Waals surface area contributed by atoms with Crippen LogP contribution in [0.15, 0.2) is 121 Å². The molecule has 0 unspecified atom stereocenters. The summed E-state index contributed by atoms with van der Waals surface area (Å²) in [6, 6.07) is 43.5. The van der Waals surface area contributed by atoms with Gasteiger partial charge < -0.3 is 9.13 Å². The average Bonchev–Trinajstić information content (AvgIpc) is 3.62. The molecule has 0 bridgehead atoms. The standard InChI is InChI=1S/C40H20N6/c1-43-28-16-19-39-33(22-28)31-9-4-6-13-37(31)46(39)40-29(10-7-11-34(40)44-2)26-15-18-35(27(21-26)24-42)45-36-12-5-3-8-30(36)32-20-25(23-41)14-17-38(32)45/h3-22H. The molecule has 6 heteroatoms. The largest absolute Gasteiger partial charge is 0.318 e. The Labute approximate surface area is 264 Å². The van der Waals surface area contributed by atoms with E-state index in [1.54, 1.807) is 12.1 Å². The van der Waals surface area contributed by atoms with Crippen LogP contribution in [0.4, 0.5) is 11.4 Å². The molecule has 210 valence electrons. The summed E-state index contributed by atoms with van der Waals surface area (Å²) in [5.41, 5.74) is 8.82. The van der Waals surface area contributed by atoms with Gasteiger partial charge in [0.25, 0.3) is 0 Å². The summed E-state index contributed by atoms with van der Waals surface area (Å²) in [7, 11) is 0. The Balaban J connectivity index is 1.40. The molecule has 0 aliphatic heterocycles. The third-order valence-corrected chi connectivity index (χ3v) is 8.61. The molecule has 0 fully saturated rings. The highest BCUT2D eigenvalue weighted by Gasteiger charge is 2.21. The quantitative estimate of drug-likeness (QED) is 0.194. The number of aromatic nitrogens is 2. The van der Waals surface area contributed by atoms with Gasteiger partial charge in [-0.05, 0) is 71.1 Å². The Bertz CT molecular complexity index is 2750. The van der Waals surface area contributed by atoms with Crippen LogP contribution in [0.25, 0.3) is 75.8 Å². The van der Waals surface area contributed by atoms with Crippen LogP contribution in [0.3, 0.4) is 0 Å². The lowest BCUT2D eigenvalue weighted by Gasteiger charge is -2.17. The van der Waals surface area contributed by atoms with Gasteiger partial charge in [0, 0.05) is 16.2 Å². The molecule has 8 rings (SSSR count). The first-order valence-corrected chi connectivity index (χ1v) is 14.5. The van der Waals surface area contributed by atoms with E-state index >= 15 is 0 Å². The lowest BCUT2D eigenvalue weighted by molar-refractivity contribution is 1.16. The summed E-state index contributed by atoms with van der Waals surface area (Å²) in [6.07, 6.45) is 0. The van der Waals surface area contributed by atoms with Gasteiger partial charge >= 0.3 is 0 Å². The summed E-state index contributed by atoms with van der Waals surface area (Å²) in [6.45, 7) is 15.7. The highest BCUT2D eigenvalue weighted by Crippen LogP contribution is 2.42. The summed E-state index contributed by atoms with van der Waals surface area (Å²) >= 11 is 0. The number of para-hydroxylation sites is 3. The topological polar surface area (TPSA) is 66.2 Å². The molecule has 0 N–H and O–H groups in total. The minimum absolute atomic E-state index is 0.479. The van der Waals surface area contributed by atoms with Crippen LogP contribution >= 0.6 is 0 Å². The normalized spacial score (nSPS) is 11.0. The fraction of sp³-hybridized carbons (Fsp3) is 0. The number of nitriles is 2. The van der Waals surface area contributed by atoms with E-state index in [4.69, 9.17) is 13.1 Å². The second-order valence-electron chi connectivity index (χ2n) is 11.0. The van der Waals surface area contributed by atoms with Crippen molar-refractivity contribution >= 4 is 55.0 Å². The number of hydrogen-bond donors (Lipinski definition) is 0. The molecule has 6 nitrogen and oxygen atoms in total. The first kappa shape index (κ1) is 26.5. The summed E-state index contributed by atoms with van der Waals surface area (Å²) in [4.78, 5) is 7.58. The van der Waals surface area contributed by atoms with Crippen LogP contribution in [-0.2, 0) is 0 Å². The summed E-state index contributed by atoms with van der Waals surface area (Å²) < 4.78 is 4.17. The molecule has 0 amide bonds. The van der Waals surface area contributed by atoms with Crippen LogP contribution in [-0.4, -0.2) is 9.13 Å². The van der Waals surface area contributed by atoms with Crippen molar-refractivity contribution < 1.29 is 0 Å². The van der Waals surface area contributed by atoms with Crippen molar-refractivity contribution in [3.8, 4) is 34.6 Å². The fourth-order valence-corrected chi connectivity index (χ4v) is 6.65. The SMILES string of the molecule is [C-]#[N+]c1ccc2c(c1)c1ccccc1n2-c1c([N+]#[C-])cccc1-c1ccc(-n2c3ccccc3c3cc(C#N)ccc32)c(C#N)c1. The van der Waals surface area contributed by atoms with Crippen molar-refractivity contribution in [3.05, 3.63) is 155 Å². The summed E-state index contributed by atoms with van der Waals surface area (Å²) in [5, 5.41) is 23.9. The highest BCUT2D eigenvalue weighted by atomic mass is 15.0. The second-order valence-corrected chi connectivity index (χ2v) is 11.0. The third-order valence-electron chi connectivity index (χ3n) is 8.61. The molecule has 2 heterocycles. The average molecular weight is 585 g/mol. The van der Waals surface area contributed by atoms with Gasteiger partial charge in [0.2, 0.25) is 5.69 Å². The van der Waals surface area contributed by atoms with Crippen molar-refractivity contribution in [1.29, 1.82) is 10.5 Å². The van der Waals surface area contributed by atoms with E-state index in [9.17, 15) is 10.5 Å². The molecule has 0 radical (unpaired) electrons. The van der Waals surface area contributed by atoms with Crippen molar-refractivity contribution in [2.24, 2.45) is 0 Å². The van der Waals surface area contributed by atoms with Gasteiger partial charge in [-0.15, -0.1) is 0 Å². The number of nitrogens with zero attached hydrogens (tertiary/aromatic N) is 6. The molecule has 8 aromatic rings. The molecule has 0 spiro atoms. The predicted molar refractivity (Wildman–Crippen MR) is 183 cm³/mol. The third kappa shape index (κ3) is 3.79. The van der Waals surface area contributed by atoms with Gasteiger partial charge in [-0.3, -0.25) is 0 Å². The molecular weight excluding hydrogens is 564 g/mol. The second kappa shape index (κ2) is 10.3. The molecule has 0 saturated heterocycles. The Morgan fingerprint density at radius 3 is 1.93 bits per heavy atom. The Hall–Kier alpha value is -7.12. The van der Waals surface area contributed by atoms with Crippen molar-refractivity contribution in [3.63, 3.8) is 0 Å². The van der Waals surface area contributed by atoms with Crippen LogP contribution in [0.2, 0.25) is 0 Å². The van der Waals surface area contributed by atoms with Gasteiger partial charge in [-0.25, -0.2) is 9.69 Å². The molecule has 0 aliphatic rings.